The Morgan fingerprint density at radius 1 is 1.28 bits per heavy atom. The summed E-state index contributed by atoms with van der Waals surface area (Å²) in [7, 11) is 0. The summed E-state index contributed by atoms with van der Waals surface area (Å²) in [5.41, 5.74) is 2.49. The highest BCUT2D eigenvalue weighted by Gasteiger charge is 2.23. The summed E-state index contributed by atoms with van der Waals surface area (Å²) in [4.78, 5) is 23.3. The van der Waals surface area contributed by atoms with Crippen LogP contribution in [0, 0.1) is 6.92 Å². The van der Waals surface area contributed by atoms with Gasteiger partial charge in [-0.2, -0.15) is 0 Å². The van der Waals surface area contributed by atoms with Crippen molar-refractivity contribution in [2.45, 2.75) is 45.1 Å². The Morgan fingerprint density at radius 2 is 2.04 bits per heavy atom. The van der Waals surface area contributed by atoms with E-state index >= 15 is 0 Å². The molecular formula is C20H26N4O. The van der Waals surface area contributed by atoms with E-state index in [2.05, 4.69) is 46.2 Å². The normalized spacial score (nSPS) is 18.6. The Labute approximate surface area is 149 Å². The number of piperidine rings is 1. The summed E-state index contributed by atoms with van der Waals surface area (Å²) in [6.07, 6.45) is 6.08. The molecule has 0 saturated carbocycles. The fourth-order valence-electron chi connectivity index (χ4n) is 3.55. The van der Waals surface area contributed by atoms with Gasteiger partial charge in [0, 0.05) is 37.9 Å². The second-order valence-electron chi connectivity index (χ2n) is 6.86. The molecule has 1 saturated heterocycles. The van der Waals surface area contributed by atoms with E-state index in [9.17, 15) is 4.79 Å². The number of nitrogens with one attached hydrogen (secondary N) is 1. The van der Waals surface area contributed by atoms with Crippen LogP contribution < -0.4 is 10.2 Å². The molecule has 1 aromatic heterocycles. The predicted octanol–water partition coefficient (Wildman–Crippen LogP) is 3.06. The van der Waals surface area contributed by atoms with Crippen molar-refractivity contribution < 1.29 is 4.79 Å². The van der Waals surface area contributed by atoms with Gasteiger partial charge in [-0.1, -0.05) is 31.2 Å². The number of aryl methyl sites for hydroxylation is 1. The molecule has 1 fully saturated rings. The van der Waals surface area contributed by atoms with Gasteiger partial charge in [0.05, 0.1) is 0 Å². The number of anilines is 1. The van der Waals surface area contributed by atoms with Crippen LogP contribution in [0.1, 0.15) is 43.2 Å². The third-order valence-electron chi connectivity index (χ3n) is 4.83. The highest BCUT2D eigenvalue weighted by atomic mass is 16.1. The van der Waals surface area contributed by atoms with Gasteiger partial charge in [-0.05, 0) is 42.9 Å². The molecule has 0 unspecified atom stereocenters. The average Bonchev–Trinajstić information content (AvgIpc) is 2.63. The van der Waals surface area contributed by atoms with Crippen molar-refractivity contribution in [2.24, 2.45) is 0 Å². The van der Waals surface area contributed by atoms with E-state index in [4.69, 9.17) is 0 Å². The van der Waals surface area contributed by atoms with Crippen LogP contribution >= 0.6 is 0 Å². The third kappa shape index (κ3) is 4.56. The zero-order chi connectivity index (χ0) is 17.6. The molecule has 1 amide bonds. The molecule has 1 aromatic carbocycles. The highest BCUT2D eigenvalue weighted by molar-refractivity contribution is 5.77. The summed E-state index contributed by atoms with van der Waals surface area (Å²) in [5, 5.41) is 3.20. The molecule has 3 rings (SSSR count). The minimum Gasteiger partial charge on any atom is -0.352 e. The standard InChI is InChI=1S/C20H26N4O/c1-15-7-3-4-9-18(15)16(2)13-19(25)23-17-8-5-12-24(14-17)20-21-10-6-11-22-20/h3-4,6-7,9-11,16-17H,5,8,12-14H2,1-2H3,(H,23,25)/t16-,17+/m1/s1. The fourth-order valence-corrected chi connectivity index (χ4v) is 3.55. The maximum Gasteiger partial charge on any atom is 0.225 e. The van der Waals surface area contributed by atoms with Crippen LogP contribution in [0.2, 0.25) is 0 Å². The number of benzene rings is 1. The smallest absolute Gasteiger partial charge is 0.225 e. The molecule has 132 valence electrons. The molecule has 0 radical (unpaired) electrons. The first-order valence-electron chi connectivity index (χ1n) is 9.00. The zero-order valence-corrected chi connectivity index (χ0v) is 15.0. The molecule has 2 aromatic rings. The molecule has 5 heteroatoms. The first kappa shape index (κ1) is 17.4. The van der Waals surface area contributed by atoms with E-state index < -0.39 is 0 Å². The topological polar surface area (TPSA) is 58.1 Å². The second kappa shape index (κ2) is 8.10. The number of rotatable bonds is 5. The molecule has 1 aliphatic rings. The van der Waals surface area contributed by atoms with Gasteiger partial charge in [-0.15, -0.1) is 0 Å². The summed E-state index contributed by atoms with van der Waals surface area (Å²) in [6.45, 7) is 5.93. The highest BCUT2D eigenvalue weighted by Crippen LogP contribution is 2.22. The average molecular weight is 338 g/mol. The molecule has 2 atom stereocenters. The van der Waals surface area contributed by atoms with Gasteiger partial charge in [-0.3, -0.25) is 4.79 Å². The molecule has 1 aliphatic heterocycles. The lowest BCUT2D eigenvalue weighted by Gasteiger charge is -2.33. The van der Waals surface area contributed by atoms with E-state index in [-0.39, 0.29) is 17.9 Å². The Balaban J connectivity index is 1.55. The number of carbonyl (C=O) groups is 1. The lowest BCUT2D eigenvalue weighted by atomic mass is 9.93. The van der Waals surface area contributed by atoms with E-state index in [1.54, 1.807) is 12.4 Å². The van der Waals surface area contributed by atoms with Crippen molar-refractivity contribution in [2.75, 3.05) is 18.0 Å². The van der Waals surface area contributed by atoms with Gasteiger partial charge in [0.25, 0.3) is 0 Å². The number of carbonyl (C=O) groups excluding carboxylic acids is 1. The molecule has 1 N–H and O–H groups in total. The third-order valence-corrected chi connectivity index (χ3v) is 4.83. The minimum absolute atomic E-state index is 0.122. The number of amides is 1. The molecule has 0 spiro atoms. The number of aromatic nitrogens is 2. The number of nitrogens with zero attached hydrogens (tertiary/aromatic N) is 3. The summed E-state index contributed by atoms with van der Waals surface area (Å²) < 4.78 is 0. The molecule has 0 aliphatic carbocycles. The maximum absolute atomic E-state index is 12.5. The van der Waals surface area contributed by atoms with Gasteiger partial charge >= 0.3 is 0 Å². The lowest BCUT2D eigenvalue weighted by Crippen LogP contribution is -2.48. The molecular weight excluding hydrogens is 312 g/mol. The van der Waals surface area contributed by atoms with Gasteiger partial charge in [-0.25, -0.2) is 9.97 Å². The van der Waals surface area contributed by atoms with Crippen molar-refractivity contribution in [1.82, 2.24) is 15.3 Å². The van der Waals surface area contributed by atoms with Crippen LogP contribution in [0.5, 0.6) is 0 Å². The van der Waals surface area contributed by atoms with Crippen molar-refractivity contribution in [3.05, 3.63) is 53.9 Å². The Kier molecular flexibility index (Phi) is 5.64. The monoisotopic (exact) mass is 338 g/mol. The Bertz CT molecular complexity index is 704. The number of hydrogen-bond donors (Lipinski definition) is 1. The Morgan fingerprint density at radius 3 is 2.80 bits per heavy atom. The molecule has 5 nitrogen and oxygen atoms in total. The van der Waals surface area contributed by atoms with Crippen molar-refractivity contribution in [3.63, 3.8) is 0 Å². The summed E-state index contributed by atoms with van der Waals surface area (Å²) in [5.74, 6) is 1.09. The number of hydrogen-bond acceptors (Lipinski definition) is 4. The molecule has 0 bridgehead atoms. The van der Waals surface area contributed by atoms with Gasteiger partial charge in [0.1, 0.15) is 0 Å². The summed E-state index contributed by atoms with van der Waals surface area (Å²) >= 11 is 0. The first-order valence-corrected chi connectivity index (χ1v) is 9.00. The van der Waals surface area contributed by atoms with Crippen LogP contribution in [0.3, 0.4) is 0 Å². The van der Waals surface area contributed by atoms with Gasteiger partial charge < -0.3 is 10.2 Å². The SMILES string of the molecule is Cc1ccccc1[C@H](C)CC(=O)N[C@H]1CCCN(c2ncccn2)C1. The zero-order valence-electron chi connectivity index (χ0n) is 15.0. The van der Waals surface area contributed by atoms with Crippen LogP contribution in [-0.4, -0.2) is 35.0 Å². The van der Waals surface area contributed by atoms with Crippen LogP contribution in [0.15, 0.2) is 42.7 Å². The molecule has 25 heavy (non-hydrogen) atoms. The van der Waals surface area contributed by atoms with Crippen LogP contribution in [-0.2, 0) is 4.79 Å². The largest absolute Gasteiger partial charge is 0.352 e. The van der Waals surface area contributed by atoms with E-state index in [1.165, 1.54) is 11.1 Å². The predicted molar refractivity (Wildman–Crippen MR) is 99.6 cm³/mol. The lowest BCUT2D eigenvalue weighted by molar-refractivity contribution is -0.122. The minimum atomic E-state index is 0.122. The van der Waals surface area contributed by atoms with Crippen molar-refractivity contribution in [1.29, 1.82) is 0 Å². The van der Waals surface area contributed by atoms with Gasteiger partial charge in [0.15, 0.2) is 0 Å². The van der Waals surface area contributed by atoms with Crippen molar-refractivity contribution in [3.8, 4) is 0 Å². The summed E-state index contributed by atoms with van der Waals surface area (Å²) in [6, 6.07) is 10.3. The first-order chi connectivity index (χ1) is 12.1. The fraction of sp³-hybridized carbons (Fsp3) is 0.450. The van der Waals surface area contributed by atoms with Gasteiger partial charge in [0.2, 0.25) is 11.9 Å². The quantitative estimate of drug-likeness (QED) is 0.910. The molecule has 2 heterocycles. The van der Waals surface area contributed by atoms with Crippen molar-refractivity contribution >= 4 is 11.9 Å². The second-order valence-corrected chi connectivity index (χ2v) is 6.86. The van der Waals surface area contributed by atoms with E-state index in [0.29, 0.717) is 6.42 Å². The van der Waals surface area contributed by atoms with Crippen LogP contribution in [0.25, 0.3) is 0 Å². The van der Waals surface area contributed by atoms with Crippen LogP contribution in [0.4, 0.5) is 5.95 Å². The maximum atomic E-state index is 12.5. The Hall–Kier alpha value is -2.43. The van der Waals surface area contributed by atoms with E-state index in [1.807, 2.05) is 18.2 Å². The van der Waals surface area contributed by atoms with E-state index in [0.717, 1.165) is 31.9 Å².